The first-order chi connectivity index (χ1) is 27.7. The molecule has 346 valence electrons. The van der Waals surface area contributed by atoms with Gasteiger partial charge in [-0.05, 0) is 101 Å². The SMILES string of the molecule is C/C(=C\C(C)OC(=O)CCC(=O)O)CCC[C@H](C)CCC[C@H](C)CCCC(C)C.CCC(/C=C(\C)CCC[C@H](C)CCC[C@H](C)CCCC(C)C)OC(=O)CCC(=O)O. The smallest absolute Gasteiger partial charge is 0.306 e. The van der Waals surface area contributed by atoms with Crippen LogP contribution in [-0.2, 0) is 28.7 Å². The van der Waals surface area contributed by atoms with Crippen LogP contribution in [0.5, 0.6) is 0 Å². The van der Waals surface area contributed by atoms with Gasteiger partial charge in [0.2, 0.25) is 0 Å². The predicted octanol–water partition coefficient (Wildman–Crippen LogP) is 14.7. The minimum atomic E-state index is -0.976. The van der Waals surface area contributed by atoms with Gasteiger partial charge in [-0.15, -0.1) is 0 Å². The summed E-state index contributed by atoms with van der Waals surface area (Å²) in [5.41, 5.74) is 2.48. The Morgan fingerprint density at radius 3 is 1.10 bits per heavy atom. The Morgan fingerprint density at radius 2 is 0.763 bits per heavy atom. The fraction of sp³-hybridized carbons (Fsp3) is 0.843. The Bertz CT molecular complexity index is 1150. The van der Waals surface area contributed by atoms with Crippen LogP contribution in [-0.4, -0.2) is 46.3 Å². The van der Waals surface area contributed by atoms with Gasteiger partial charge in [-0.25, -0.2) is 0 Å². The molecule has 0 aromatic carbocycles. The summed E-state index contributed by atoms with van der Waals surface area (Å²) >= 11 is 0. The molecule has 0 saturated carbocycles. The average molecular weight is 835 g/mol. The van der Waals surface area contributed by atoms with Crippen molar-refractivity contribution in [3.8, 4) is 0 Å². The molecule has 2 unspecified atom stereocenters. The lowest BCUT2D eigenvalue weighted by molar-refractivity contribution is -0.150. The molecule has 2 N–H and O–H groups in total. The number of hydrogen-bond acceptors (Lipinski definition) is 6. The van der Waals surface area contributed by atoms with E-state index in [-0.39, 0.29) is 37.9 Å². The van der Waals surface area contributed by atoms with Crippen LogP contribution in [0.1, 0.15) is 231 Å². The Hall–Kier alpha value is -2.64. The summed E-state index contributed by atoms with van der Waals surface area (Å²) < 4.78 is 10.6. The summed E-state index contributed by atoms with van der Waals surface area (Å²) in [6.45, 7) is 26.7. The molecule has 0 radical (unpaired) electrons. The van der Waals surface area contributed by atoms with Gasteiger partial charge in [0.25, 0.3) is 0 Å². The van der Waals surface area contributed by atoms with E-state index in [0.717, 1.165) is 61.2 Å². The maximum Gasteiger partial charge on any atom is 0.306 e. The lowest BCUT2D eigenvalue weighted by Gasteiger charge is -2.16. The molecule has 0 aliphatic heterocycles. The number of rotatable bonds is 35. The first-order valence-corrected chi connectivity index (χ1v) is 23.9. The summed E-state index contributed by atoms with van der Waals surface area (Å²) in [5, 5.41) is 17.3. The van der Waals surface area contributed by atoms with E-state index < -0.39 is 23.9 Å². The maximum atomic E-state index is 11.7. The van der Waals surface area contributed by atoms with Crippen LogP contribution in [0, 0.1) is 35.5 Å². The van der Waals surface area contributed by atoms with Crippen LogP contribution in [0.3, 0.4) is 0 Å². The van der Waals surface area contributed by atoms with E-state index in [1.54, 1.807) is 0 Å². The monoisotopic (exact) mass is 835 g/mol. The molecule has 0 saturated heterocycles. The van der Waals surface area contributed by atoms with Crippen LogP contribution in [0.25, 0.3) is 0 Å². The summed E-state index contributed by atoms with van der Waals surface area (Å²) in [7, 11) is 0. The van der Waals surface area contributed by atoms with E-state index >= 15 is 0 Å². The predicted molar refractivity (Wildman–Crippen MR) is 246 cm³/mol. The molecule has 0 aliphatic rings. The number of hydrogen-bond donors (Lipinski definition) is 2. The number of allylic oxidation sites excluding steroid dienone is 2. The van der Waals surface area contributed by atoms with Gasteiger partial charge >= 0.3 is 23.9 Å². The molecule has 0 aromatic rings. The van der Waals surface area contributed by atoms with Gasteiger partial charge in [0.15, 0.2) is 0 Å². The first kappa shape index (κ1) is 58.5. The fourth-order valence-electron chi connectivity index (χ4n) is 7.48. The van der Waals surface area contributed by atoms with Crippen molar-refractivity contribution in [1.29, 1.82) is 0 Å². The second-order valence-corrected chi connectivity index (χ2v) is 19.2. The first-order valence-electron chi connectivity index (χ1n) is 23.9. The minimum absolute atomic E-state index is 0.0629. The van der Waals surface area contributed by atoms with E-state index in [4.69, 9.17) is 19.7 Å². The van der Waals surface area contributed by atoms with Gasteiger partial charge in [0, 0.05) is 0 Å². The normalized spacial score (nSPS) is 15.2. The highest BCUT2D eigenvalue weighted by Crippen LogP contribution is 2.24. The molecule has 0 heterocycles. The van der Waals surface area contributed by atoms with Gasteiger partial charge < -0.3 is 19.7 Å². The molecule has 0 rings (SSSR count). The lowest BCUT2D eigenvalue weighted by atomic mass is 9.91. The third kappa shape index (κ3) is 41.9. The van der Waals surface area contributed by atoms with E-state index in [9.17, 15) is 19.2 Å². The van der Waals surface area contributed by atoms with Crippen molar-refractivity contribution in [3.63, 3.8) is 0 Å². The van der Waals surface area contributed by atoms with Crippen LogP contribution in [0.4, 0.5) is 0 Å². The number of esters is 2. The van der Waals surface area contributed by atoms with Gasteiger partial charge in [-0.2, -0.15) is 0 Å². The van der Waals surface area contributed by atoms with Gasteiger partial charge in [0.05, 0.1) is 25.7 Å². The average Bonchev–Trinajstić information content (AvgIpc) is 3.12. The second kappa shape index (κ2) is 37.1. The second-order valence-electron chi connectivity index (χ2n) is 19.2. The highest BCUT2D eigenvalue weighted by Gasteiger charge is 2.14. The van der Waals surface area contributed by atoms with Crippen molar-refractivity contribution >= 4 is 23.9 Å². The number of ether oxygens (including phenoxy) is 2. The molecule has 0 aromatic heterocycles. The van der Waals surface area contributed by atoms with Crippen LogP contribution in [0.15, 0.2) is 23.3 Å². The van der Waals surface area contributed by atoms with Gasteiger partial charge in [-0.3, -0.25) is 19.2 Å². The van der Waals surface area contributed by atoms with E-state index in [2.05, 4.69) is 69.2 Å². The van der Waals surface area contributed by atoms with Crippen molar-refractivity contribution in [2.75, 3.05) is 0 Å². The van der Waals surface area contributed by atoms with E-state index in [1.165, 1.54) is 101 Å². The minimum Gasteiger partial charge on any atom is -0.481 e. The standard InChI is InChI=1S/C26H48O4.C25H46O4/c1-7-24(30-26(29)18-17-25(27)28)19-23(6)16-10-15-22(5)14-9-13-21(4)12-8-11-20(2)3;1-19(2)10-7-11-20(3)12-8-13-21(4)14-9-15-22(5)18-23(6)29-25(28)17-16-24(26)27/h19-22,24H,7-18H2,1-6H3,(H,27,28);18-21,23H,7-17H2,1-6H3,(H,26,27)/b23-19+;22-18+/t21-,22-,24?;20-,21-,23?/m11/s1. The third-order valence-corrected chi connectivity index (χ3v) is 11.4. The quantitative estimate of drug-likeness (QED) is 0.0477. The van der Waals surface area contributed by atoms with Gasteiger partial charge in [0.1, 0.15) is 12.2 Å². The number of carboxylic acid groups (broad SMARTS) is 2. The molecule has 0 spiro atoms. The lowest BCUT2D eigenvalue weighted by Crippen LogP contribution is -2.16. The van der Waals surface area contributed by atoms with Crippen molar-refractivity contribution in [3.05, 3.63) is 23.3 Å². The van der Waals surface area contributed by atoms with Crippen LogP contribution < -0.4 is 0 Å². The van der Waals surface area contributed by atoms with Crippen molar-refractivity contribution in [2.24, 2.45) is 35.5 Å². The van der Waals surface area contributed by atoms with Crippen molar-refractivity contribution in [2.45, 2.75) is 243 Å². The third-order valence-electron chi connectivity index (χ3n) is 11.4. The molecule has 8 nitrogen and oxygen atoms in total. The molecular formula is C51H94O8. The maximum absolute atomic E-state index is 11.7. The van der Waals surface area contributed by atoms with Gasteiger partial charge in [-0.1, -0.05) is 163 Å². The van der Waals surface area contributed by atoms with Crippen LogP contribution in [0.2, 0.25) is 0 Å². The molecule has 0 amide bonds. The number of carbonyl (C=O) groups is 4. The Morgan fingerprint density at radius 1 is 0.441 bits per heavy atom. The highest BCUT2D eigenvalue weighted by molar-refractivity contribution is 5.77. The summed E-state index contributed by atoms with van der Waals surface area (Å²) in [5.74, 6) is 2.05. The molecule has 8 heteroatoms. The molecule has 0 fully saturated rings. The highest BCUT2D eigenvalue weighted by atomic mass is 16.5. The number of aliphatic carboxylic acids is 2. The van der Waals surface area contributed by atoms with E-state index in [1.807, 2.05) is 26.0 Å². The summed E-state index contributed by atoms with van der Waals surface area (Å²) in [4.78, 5) is 44.3. The van der Waals surface area contributed by atoms with Crippen LogP contribution >= 0.6 is 0 Å². The fourth-order valence-corrected chi connectivity index (χ4v) is 7.48. The molecule has 0 bridgehead atoms. The number of carbonyl (C=O) groups excluding carboxylic acids is 2. The largest absolute Gasteiger partial charge is 0.481 e. The zero-order valence-corrected chi connectivity index (χ0v) is 40.4. The zero-order valence-electron chi connectivity index (χ0n) is 40.4. The molecule has 6 atom stereocenters. The zero-order chi connectivity index (χ0) is 45.2. The van der Waals surface area contributed by atoms with Crippen molar-refractivity contribution < 1.29 is 38.9 Å². The molecule has 0 aliphatic carbocycles. The summed E-state index contributed by atoms with van der Waals surface area (Å²) in [6.07, 6.45) is 26.7. The molecule has 59 heavy (non-hydrogen) atoms. The molecular weight excluding hydrogens is 741 g/mol. The number of carboxylic acids is 2. The summed E-state index contributed by atoms with van der Waals surface area (Å²) in [6, 6.07) is 0. The Kier molecular flexibility index (Phi) is 36.8. The van der Waals surface area contributed by atoms with Crippen molar-refractivity contribution in [1.82, 2.24) is 0 Å². The topological polar surface area (TPSA) is 127 Å². The Balaban J connectivity index is 0. The van der Waals surface area contributed by atoms with E-state index in [0.29, 0.717) is 6.42 Å². The Labute approximate surface area is 363 Å².